The highest BCUT2D eigenvalue weighted by atomic mass is 15.2. The first kappa shape index (κ1) is 13.5. The third-order valence-electron chi connectivity index (χ3n) is 3.03. The Kier molecular flexibility index (Phi) is 4.47. The predicted molar refractivity (Wildman–Crippen MR) is 79.1 cm³/mol. The van der Waals surface area contributed by atoms with Crippen molar-refractivity contribution in [3.63, 3.8) is 0 Å². The maximum absolute atomic E-state index is 5.50. The molecule has 2 rings (SSSR count). The van der Waals surface area contributed by atoms with Gasteiger partial charge >= 0.3 is 0 Å². The van der Waals surface area contributed by atoms with Crippen LogP contribution in [0.15, 0.2) is 36.7 Å². The Labute approximate surface area is 114 Å². The Morgan fingerprint density at radius 1 is 1.16 bits per heavy atom. The number of hydrogen-bond acceptors (Lipinski definition) is 4. The van der Waals surface area contributed by atoms with Crippen molar-refractivity contribution >= 4 is 5.95 Å². The molecule has 0 aliphatic heterocycles. The Morgan fingerprint density at radius 2 is 1.89 bits per heavy atom. The van der Waals surface area contributed by atoms with Gasteiger partial charge in [-0.25, -0.2) is 9.97 Å². The highest BCUT2D eigenvalue weighted by molar-refractivity contribution is 5.62. The fraction of sp³-hybridized carbons (Fsp3) is 0.333. The Morgan fingerprint density at radius 3 is 2.53 bits per heavy atom. The van der Waals surface area contributed by atoms with Gasteiger partial charge in [0.2, 0.25) is 5.95 Å². The highest BCUT2D eigenvalue weighted by Gasteiger charge is 2.04. The molecule has 0 radical (unpaired) electrons. The van der Waals surface area contributed by atoms with Crippen molar-refractivity contribution in [2.45, 2.75) is 13.3 Å². The number of hydrogen-bond donors (Lipinski definition) is 1. The summed E-state index contributed by atoms with van der Waals surface area (Å²) in [6.07, 6.45) is 4.69. The lowest BCUT2D eigenvalue weighted by atomic mass is 10.1. The van der Waals surface area contributed by atoms with Gasteiger partial charge in [0.1, 0.15) is 0 Å². The van der Waals surface area contributed by atoms with Crippen LogP contribution in [0.2, 0.25) is 0 Å². The quantitative estimate of drug-likeness (QED) is 0.891. The summed E-state index contributed by atoms with van der Waals surface area (Å²) in [6.45, 7) is 3.64. The van der Waals surface area contributed by atoms with E-state index < -0.39 is 0 Å². The molecule has 0 saturated carbocycles. The zero-order valence-electron chi connectivity index (χ0n) is 11.5. The molecular weight excluding hydrogens is 236 g/mol. The maximum Gasteiger partial charge on any atom is 0.225 e. The zero-order valence-corrected chi connectivity index (χ0v) is 11.5. The summed E-state index contributed by atoms with van der Waals surface area (Å²) in [5.74, 6) is 0.741. The average Bonchev–Trinajstić information content (AvgIpc) is 2.45. The summed E-state index contributed by atoms with van der Waals surface area (Å²) in [5.41, 5.74) is 8.93. The molecule has 0 aliphatic rings. The molecule has 2 N–H and O–H groups in total. The number of nitrogens with two attached hydrogens (primary N) is 1. The summed E-state index contributed by atoms with van der Waals surface area (Å²) in [4.78, 5) is 10.8. The molecule has 0 spiro atoms. The molecule has 4 nitrogen and oxygen atoms in total. The normalized spacial score (nSPS) is 10.5. The smallest absolute Gasteiger partial charge is 0.225 e. The van der Waals surface area contributed by atoms with Crippen LogP contribution in [-0.2, 0) is 0 Å². The van der Waals surface area contributed by atoms with Crippen molar-refractivity contribution in [1.82, 2.24) is 9.97 Å². The molecule has 0 amide bonds. The lowest BCUT2D eigenvalue weighted by Crippen LogP contribution is -2.22. The molecule has 0 bridgehead atoms. The summed E-state index contributed by atoms with van der Waals surface area (Å²) < 4.78 is 0. The van der Waals surface area contributed by atoms with E-state index in [1.54, 1.807) is 0 Å². The fourth-order valence-corrected chi connectivity index (χ4v) is 1.92. The van der Waals surface area contributed by atoms with Crippen LogP contribution in [0.1, 0.15) is 12.0 Å². The van der Waals surface area contributed by atoms with Gasteiger partial charge in [0.25, 0.3) is 0 Å². The third-order valence-corrected chi connectivity index (χ3v) is 3.03. The lowest BCUT2D eigenvalue weighted by Gasteiger charge is -2.16. The minimum absolute atomic E-state index is 0.686. The van der Waals surface area contributed by atoms with Crippen LogP contribution < -0.4 is 10.6 Å². The molecule has 1 aromatic carbocycles. The topological polar surface area (TPSA) is 55.0 Å². The minimum Gasteiger partial charge on any atom is -0.344 e. The van der Waals surface area contributed by atoms with E-state index >= 15 is 0 Å². The Balaban J connectivity index is 2.14. The lowest BCUT2D eigenvalue weighted by molar-refractivity contribution is 0.775. The average molecular weight is 256 g/mol. The van der Waals surface area contributed by atoms with Gasteiger partial charge in [0, 0.05) is 31.5 Å². The van der Waals surface area contributed by atoms with E-state index in [0.717, 1.165) is 30.0 Å². The molecule has 1 aromatic heterocycles. The molecule has 0 aliphatic carbocycles. The van der Waals surface area contributed by atoms with Crippen molar-refractivity contribution in [3.8, 4) is 11.1 Å². The minimum atomic E-state index is 0.686. The van der Waals surface area contributed by atoms with Gasteiger partial charge in [-0.2, -0.15) is 0 Å². The van der Waals surface area contributed by atoms with Crippen LogP contribution in [0, 0.1) is 6.92 Å². The number of anilines is 1. The fourth-order valence-electron chi connectivity index (χ4n) is 1.92. The van der Waals surface area contributed by atoms with Gasteiger partial charge in [0.15, 0.2) is 0 Å². The zero-order chi connectivity index (χ0) is 13.7. The van der Waals surface area contributed by atoms with Crippen molar-refractivity contribution in [1.29, 1.82) is 0 Å². The van der Waals surface area contributed by atoms with Crippen LogP contribution in [0.5, 0.6) is 0 Å². The van der Waals surface area contributed by atoms with Gasteiger partial charge in [-0.1, -0.05) is 29.8 Å². The van der Waals surface area contributed by atoms with Crippen LogP contribution in [0.4, 0.5) is 5.95 Å². The SMILES string of the molecule is Cc1cccc(-c2cnc(N(C)CCCN)nc2)c1. The van der Waals surface area contributed by atoms with Crippen molar-refractivity contribution < 1.29 is 0 Å². The predicted octanol–water partition coefficient (Wildman–Crippen LogP) is 2.24. The number of aromatic nitrogens is 2. The van der Waals surface area contributed by atoms with Gasteiger partial charge < -0.3 is 10.6 Å². The number of rotatable bonds is 5. The second kappa shape index (κ2) is 6.29. The molecule has 100 valence electrons. The van der Waals surface area contributed by atoms with E-state index in [9.17, 15) is 0 Å². The Bertz CT molecular complexity index is 522. The largest absolute Gasteiger partial charge is 0.344 e. The Hall–Kier alpha value is -1.94. The molecular formula is C15H20N4. The van der Waals surface area contributed by atoms with Gasteiger partial charge in [-0.3, -0.25) is 0 Å². The highest BCUT2D eigenvalue weighted by Crippen LogP contribution is 2.19. The van der Waals surface area contributed by atoms with Crippen molar-refractivity contribution in [2.24, 2.45) is 5.73 Å². The monoisotopic (exact) mass is 256 g/mol. The van der Waals surface area contributed by atoms with E-state index in [1.807, 2.05) is 30.4 Å². The maximum atomic E-state index is 5.50. The molecule has 19 heavy (non-hydrogen) atoms. The second-order valence-electron chi connectivity index (χ2n) is 4.71. The van der Waals surface area contributed by atoms with E-state index in [-0.39, 0.29) is 0 Å². The first-order chi connectivity index (χ1) is 9.20. The molecule has 4 heteroatoms. The van der Waals surface area contributed by atoms with Crippen molar-refractivity contribution in [2.75, 3.05) is 25.0 Å². The summed E-state index contributed by atoms with van der Waals surface area (Å²) in [7, 11) is 1.98. The molecule has 1 heterocycles. The van der Waals surface area contributed by atoms with E-state index in [2.05, 4.69) is 35.1 Å². The van der Waals surface area contributed by atoms with E-state index in [4.69, 9.17) is 5.73 Å². The van der Waals surface area contributed by atoms with Gasteiger partial charge in [-0.05, 0) is 25.5 Å². The molecule has 0 saturated heterocycles. The number of nitrogens with zero attached hydrogens (tertiary/aromatic N) is 3. The van der Waals surface area contributed by atoms with Gasteiger partial charge in [0.05, 0.1) is 0 Å². The molecule has 2 aromatic rings. The van der Waals surface area contributed by atoms with Crippen LogP contribution >= 0.6 is 0 Å². The van der Waals surface area contributed by atoms with Crippen LogP contribution in [0.3, 0.4) is 0 Å². The number of aryl methyl sites for hydroxylation is 1. The molecule has 0 fully saturated rings. The first-order valence-electron chi connectivity index (χ1n) is 6.51. The summed E-state index contributed by atoms with van der Waals surface area (Å²) in [5, 5.41) is 0. The first-order valence-corrected chi connectivity index (χ1v) is 6.51. The summed E-state index contributed by atoms with van der Waals surface area (Å²) in [6, 6.07) is 8.34. The van der Waals surface area contributed by atoms with E-state index in [0.29, 0.717) is 6.54 Å². The standard InChI is InChI=1S/C15H20N4/c1-12-5-3-6-13(9-12)14-10-17-15(18-11-14)19(2)8-4-7-16/h3,5-6,9-11H,4,7-8,16H2,1-2H3. The summed E-state index contributed by atoms with van der Waals surface area (Å²) >= 11 is 0. The van der Waals surface area contributed by atoms with E-state index in [1.165, 1.54) is 5.56 Å². The van der Waals surface area contributed by atoms with Crippen molar-refractivity contribution in [3.05, 3.63) is 42.2 Å². The van der Waals surface area contributed by atoms with Gasteiger partial charge in [-0.15, -0.1) is 0 Å². The van der Waals surface area contributed by atoms with Crippen LogP contribution in [-0.4, -0.2) is 30.1 Å². The van der Waals surface area contributed by atoms with Crippen LogP contribution in [0.25, 0.3) is 11.1 Å². The molecule has 0 atom stereocenters. The second-order valence-corrected chi connectivity index (χ2v) is 4.71. The third kappa shape index (κ3) is 3.51. The molecule has 0 unspecified atom stereocenters. The number of benzene rings is 1.